The van der Waals surface area contributed by atoms with Crippen LogP contribution < -0.4 is 0 Å². The summed E-state index contributed by atoms with van der Waals surface area (Å²) in [6.45, 7) is 0. The fraction of sp³-hybridized carbons (Fsp3) is 0.600. The number of hydrogen-bond donors (Lipinski definition) is 0. The maximum atomic E-state index is 6.42. The fourth-order valence-corrected chi connectivity index (χ4v) is 3.26. The average molecular weight is 316 g/mol. The van der Waals surface area contributed by atoms with Crippen molar-refractivity contribution in [1.82, 2.24) is 0 Å². The summed E-state index contributed by atoms with van der Waals surface area (Å²) in [7, 11) is 0. The lowest BCUT2D eigenvalue weighted by Gasteiger charge is -2.13. The molecular formula is C15H20BrCl. The second-order valence-electron chi connectivity index (χ2n) is 5.16. The third-order valence-electron chi connectivity index (χ3n) is 3.73. The zero-order valence-electron chi connectivity index (χ0n) is 10.2. The number of rotatable bonds is 5. The molecule has 1 aliphatic carbocycles. The van der Waals surface area contributed by atoms with Crippen molar-refractivity contribution in [3.8, 4) is 0 Å². The molecule has 2 heteroatoms. The summed E-state index contributed by atoms with van der Waals surface area (Å²) in [4.78, 5) is 0. The number of alkyl halides is 1. The van der Waals surface area contributed by atoms with Crippen LogP contribution in [0.1, 0.15) is 44.1 Å². The van der Waals surface area contributed by atoms with Gasteiger partial charge in [-0.15, -0.1) is 11.6 Å². The van der Waals surface area contributed by atoms with E-state index in [0.29, 0.717) is 5.38 Å². The van der Waals surface area contributed by atoms with E-state index >= 15 is 0 Å². The Hall–Kier alpha value is -0.0100. The highest BCUT2D eigenvalue weighted by Gasteiger charge is 2.16. The largest absolute Gasteiger partial charge is 0.123 e. The Bertz CT molecular complexity index is 327. The van der Waals surface area contributed by atoms with Crippen LogP contribution in [-0.2, 0) is 6.42 Å². The first kappa shape index (κ1) is 13.4. The number of benzene rings is 1. The van der Waals surface area contributed by atoms with E-state index in [4.69, 9.17) is 11.6 Å². The van der Waals surface area contributed by atoms with Crippen LogP contribution in [0, 0.1) is 5.92 Å². The highest BCUT2D eigenvalue weighted by Crippen LogP contribution is 2.30. The molecule has 1 atom stereocenters. The van der Waals surface area contributed by atoms with E-state index in [0.717, 1.165) is 16.8 Å². The van der Waals surface area contributed by atoms with Crippen molar-refractivity contribution in [3.05, 3.63) is 34.3 Å². The summed E-state index contributed by atoms with van der Waals surface area (Å²) in [6, 6.07) is 8.51. The normalized spacial score (nSPS) is 18.5. The third-order valence-corrected chi connectivity index (χ3v) is 4.63. The molecule has 0 N–H and O–H groups in total. The zero-order chi connectivity index (χ0) is 12.1. The van der Waals surface area contributed by atoms with Crippen molar-refractivity contribution in [2.24, 2.45) is 5.92 Å². The molecule has 1 saturated carbocycles. The van der Waals surface area contributed by atoms with Gasteiger partial charge >= 0.3 is 0 Å². The first-order chi connectivity index (χ1) is 8.24. The molecule has 1 aromatic carbocycles. The van der Waals surface area contributed by atoms with E-state index in [1.807, 2.05) is 0 Å². The van der Waals surface area contributed by atoms with Gasteiger partial charge in [0.2, 0.25) is 0 Å². The van der Waals surface area contributed by atoms with E-state index in [1.54, 1.807) is 0 Å². The van der Waals surface area contributed by atoms with Crippen molar-refractivity contribution in [3.63, 3.8) is 0 Å². The Morgan fingerprint density at radius 3 is 2.47 bits per heavy atom. The van der Waals surface area contributed by atoms with Crippen LogP contribution in [0.15, 0.2) is 28.7 Å². The molecule has 0 amide bonds. The van der Waals surface area contributed by atoms with Crippen molar-refractivity contribution in [1.29, 1.82) is 0 Å². The summed E-state index contributed by atoms with van der Waals surface area (Å²) in [5.74, 6) is 0.959. The van der Waals surface area contributed by atoms with Crippen LogP contribution in [0.4, 0.5) is 0 Å². The number of halogens is 2. The molecule has 2 rings (SSSR count). The van der Waals surface area contributed by atoms with Crippen LogP contribution in [0.25, 0.3) is 0 Å². The van der Waals surface area contributed by atoms with Crippen LogP contribution in [0.2, 0.25) is 0 Å². The minimum Gasteiger partial charge on any atom is -0.123 e. The van der Waals surface area contributed by atoms with Crippen LogP contribution >= 0.6 is 27.5 Å². The molecule has 0 spiro atoms. The van der Waals surface area contributed by atoms with Gasteiger partial charge in [-0.05, 0) is 42.9 Å². The Balaban J connectivity index is 1.72. The summed E-state index contributed by atoms with van der Waals surface area (Å²) in [5, 5.41) is 0.303. The van der Waals surface area contributed by atoms with E-state index in [1.165, 1.54) is 44.1 Å². The molecule has 0 aliphatic heterocycles. The number of hydrogen-bond acceptors (Lipinski definition) is 0. The van der Waals surface area contributed by atoms with Gasteiger partial charge in [0.15, 0.2) is 0 Å². The minimum atomic E-state index is 0.303. The molecule has 0 heterocycles. The van der Waals surface area contributed by atoms with E-state index in [2.05, 4.69) is 40.2 Å². The van der Waals surface area contributed by atoms with Crippen molar-refractivity contribution >= 4 is 27.5 Å². The Morgan fingerprint density at radius 1 is 1.18 bits per heavy atom. The minimum absolute atomic E-state index is 0.303. The molecular weight excluding hydrogens is 296 g/mol. The summed E-state index contributed by atoms with van der Waals surface area (Å²) < 4.78 is 1.14. The second kappa shape index (κ2) is 6.80. The maximum Gasteiger partial charge on any atom is 0.0376 e. The van der Waals surface area contributed by atoms with Crippen LogP contribution in [-0.4, -0.2) is 5.38 Å². The molecule has 0 saturated heterocycles. The predicted octanol–water partition coefficient (Wildman–Crippen LogP) is 5.57. The van der Waals surface area contributed by atoms with Gasteiger partial charge in [0, 0.05) is 9.85 Å². The first-order valence-electron chi connectivity index (χ1n) is 6.62. The van der Waals surface area contributed by atoms with Gasteiger partial charge in [-0.1, -0.05) is 53.7 Å². The van der Waals surface area contributed by atoms with Crippen molar-refractivity contribution < 1.29 is 0 Å². The standard InChI is InChI=1S/C15H20BrCl/c16-14-8-5-13(6-9-14)11-15(17)10-7-12-3-1-2-4-12/h5-6,8-9,12,15H,1-4,7,10-11H2. The predicted molar refractivity (Wildman–Crippen MR) is 78.7 cm³/mol. The smallest absolute Gasteiger partial charge is 0.0376 e. The lowest BCUT2D eigenvalue weighted by Crippen LogP contribution is -2.06. The van der Waals surface area contributed by atoms with Gasteiger partial charge in [-0.2, -0.15) is 0 Å². The molecule has 1 unspecified atom stereocenters. The van der Waals surface area contributed by atoms with Crippen molar-refractivity contribution in [2.45, 2.75) is 50.3 Å². The van der Waals surface area contributed by atoms with Gasteiger partial charge in [0.05, 0.1) is 0 Å². The van der Waals surface area contributed by atoms with E-state index < -0.39 is 0 Å². The van der Waals surface area contributed by atoms with Crippen LogP contribution in [0.5, 0.6) is 0 Å². The third kappa shape index (κ3) is 4.63. The zero-order valence-corrected chi connectivity index (χ0v) is 12.5. The van der Waals surface area contributed by atoms with Gasteiger partial charge in [-0.25, -0.2) is 0 Å². The maximum absolute atomic E-state index is 6.42. The lowest BCUT2D eigenvalue weighted by atomic mass is 9.98. The van der Waals surface area contributed by atoms with Crippen LogP contribution in [0.3, 0.4) is 0 Å². The highest BCUT2D eigenvalue weighted by molar-refractivity contribution is 9.10. The van der Waals surface area contributed by atoms with Gasteiger partial charge in [0.25, 0.3) is 0 Å². The SMILES string of the molecule is ClC(CCC1CCCC1)Cc1ccc(Br)cc1. The molecule has 94 valence electrons. The fourth-order valence-electron chi connectivity index (χ4n) is 2.69. The van der Waals surface area contributed by atoms with Crippen molar-refractivity contribution in [2.75, 3.05) is 0 Å². The van der Waals surface area contributed by atoms with Gasteiger partial charge in [-0.3, -0.25) is 0 Å². The molecule has 0 bridgehead atoms. The molecule has 1 aromatic rings. The molecule has 17 heavy (non-hydrogen) atoms. The van der Waals surface area contributed by atoms with E-state index in [9.17, 15) is 0 Å². The van der Waals surface area contributed by atoms with E-state index in [-0.39, 0.29) is 0 Å². The Morgan fingerprint density at radius 2 is 1.82 bits per heavy atom. The highest BCUT2D eigenvalue weighted by atomic mass is 79.9. The molecule has 0 nitrogen and oxygen atoms in total. The molecule has 1 aliphatic rings. The first-order valence-corrected chi connectivity index (χ1v) is 7.85. The second-order valence-corrected chi connectivity index (χ2v) is 6.69. The molecule has 0 aromatic heterocycles. The average Bonchev–Trinajstić information content (AvgIpc) is 2.83. The molecule has 0 radical (unpaired) electrons. The summed E-state index contributed by atoms with van der Waals surface area (Å²) in [6.07, 6.45) is 9.23. The summed E-state index contributed by atoms with van der Waals surface area (Å²) >= 11 is 9.88. The lowest BCUT2D eigenvalue weighted by molar-refractivity contribution is 0.476. The Labute approximate surface area is 118 Å². The quantitative estimate of drug-likeness (QED) is 0.623. The topological polar surface area (TPSA) is 0 Å². The Kier molecular flexibility index (Phi) is 5.37. The van der Waals surface area contributed by atoms with Gasteiger partial charge in [0.1, 0.15) is 0 Å². The van der Waals surface area contributed by atoms with Gasteiger partial charge < -0.3 is 0 Å². The monoisotopic (exact) mass is 314 g/mol. The molecule has 1 fully saturated rings. The summed E-state index contributed by atoms with van der Waals surface area (Å²) in [5.41, 5.74) is 1.35.